The highest BCUT2D eigenvalue weighted by Gasteiger charge is 2.26. The molecule has 6 nitrogen and oxygen atoms in total. The number of rotatable bonds is 7. The maximum Gasteiger partial charge on any atom is 0.296 e. The summed E-state index contributed by atoms with van der Waals surface area (Å²) in [5, 5.41) is 2.77. The second kappa shape index (κ2) is 9.88. The first-order chi connectivity index (χ1) is 15.7. The lowest BCUT2D eigenvalue weighted by molar-refractivity contribution is 0.397. The van der Waals surface area contributed by atoms with Crippen LogP contribution in [0.15, 0.2) is 53.4 Å². The van der Waals surface area contributed by atoms with Gasteiger partial charge in [-0.25, -0.2) is 0 Å². The van der Waals surface area contributed by atoms with Gasteiger partial charge < -0.3 is 0 Å². The van der Waals surface area contributed by atoms with Crippen LogP contribution >= 0.6 is 7.92 Å². The minimum absolute atomic E-state index is 0.0803. The summed E-state index contributed by atoms with van der Waals surface area (Å²) in [6.45, 7) is 9.70. The SMILES string of the molecule is COS(=O)(=O)c1cc(C)c(C)c(P(c2cccc(C)c2)c2cc(CS(=O)(=O)O)cc(C)c2C)c1. The predicted molar refractivity (Wildman–Crippen MR) is 138 cm³/mol. The van der Waals surface area contributed by atoms with Gasteiger partial charge in [0, 0.05) is 0 Å². The molecule has 0 aliphatic rings. The van der Waals surface area contributed by atoms with Crippen molar-refractivity contribution in [2.24, 2.45) is 0 Å². The van der Waals surface area contributed by atoms with Crippen LogP contribution in [0.1, 0.15) is 33.4 Å². The van der Waals surface area contributed by atoms with Gasteiger partial charge >= 0.3 is 0 Å². The van der Waals surface area contributed by atoms with Crippen molar-refractivity contribution >= 4 is 44.1 Å². The Morgan fingerprint density at radius 2 is 1.41 bits per heavy atom. The first-order valence-electron chi connectivity index (χ1n) is 10.6. The lowest BCUT2D eigenvalue weighted by atomic mass is 10.1. The topological polar surface area (TPSA) is 97.7 Å². The van der Waals surface area contributed by atoms with Gasteiger partial charge in [0.15, 0.2) is 0 Å². The Kier molecular flexibility index (Phi) is 7.70. The molecule has 0 spiro atoms. The normalized spacial score (nSPS) is 13.1. The van der Waals surface area contributed by atoms with Crippen molar-refractivity contribution in [3.05, 3.63) is 81.9 Å². The molecule has 0 amide bonds. The third-order valence-corrected chi connectivity index (χ3v) is 10.5. The molecule has 0 aliphatic carbocycles. The standard InChI is InChI=1S/C25H29O6PS2/c1-16-8-7-9-22(10-16)32(24-13-21(15-33(26,27)28)11-17(2)19(24)4)25-14-23(34(29,30)31-6)12-18(3)20(25)5/h7-14H,15H2,1-6H3,(H,26,27,28). The summed E-state index contributed by atoms with van der Waals surface area (Å²) in [6, 6.07) is 14.9. The van der Waals surface area contributed by atoms with Gasteiger partial charge in [-0.15, -0.1) is 0 Å². The Balaban J connectivity index is 2.41. The van der Waals surface area contributed by atoms with E-state index in [9.17, 15) is 21.4 Å². The average Bonchev–Trinajstić information content (AvgIpc) is 2.73. The summed E-state index contributed by atoms with van der Waals surface area (Å²) < 4.78 is 62.7. The summed E-state index contributed by atoms with van der Waals surface area (Å²) in [4.78, 5) is 0.0803. The maximum absolute atomic E-state index is 12.6. The minimum Gasteiger partial charge on any atom is -0.285 e. The first kappa shape index (κ1) is 26.5. The smallest absolute Gasteiger partial charge is 0.285 e. The van der Waals surface area contributed by atoms with E-state index < -0.39 is 33.9 Å². The quantitative estimate of drug-likeness (QED) is 0.290. The molecule has 0 bridgehead atoms. The molecule has 3 rings (SSSR count). The highest BCUT2D eigenvalue weighted by Crippen LogP contribution is 2.38. The number of benzene rings is 3. The zero-order chi connectivity index (χ0) is 25.4. The van der Waals surface area contributed by atoms with Crippen molar-refractivity contribution in [3.63, 3.8) is 0 Å². The molecular formula is C25H29O6PS2. The molecule has 1 unspecified atom stereocenters. The molecule has 3 aromatic carbocycles. The molecule has 182 valence electrons. The summed E-state index contributed by atoms with van der Waals surface area (Å²) in [5.41, 5.74) is 5.20. The van der Waals surface area contributed by atoms with Gasteiger partial charge in [0.25, 0.3) is 20.2 Å². The van der Waals surface area contributed by atoms with E-state index in [2.05, 4.69) is 6.07 Å². The molecule has 3 aromatic rings. The van der Waals surface area contributed by atoms with Gasteiger partial charge in [0.05, 0.1) is 12.0 Å². The van der Waals surface area contributed by atoms with Gasteiger partial charge in [0.1, 0.15) is 5.75 Å². The summed E-state index contributed by atoms with van der Waals surface area (Å²) >= 11 is 0. The van der Waals surface area contributed by atoms with Crippen molar-refractivity contribution in [1.82, 2.24) is 0 Å². The highest BCUT2D eigenvalue weighted by molar-refractivity contribution is 7.87. The second-order valence-corrected chi connectivity index (χ2v) is 13.8. The van der Waals surface area contributed by atoms with Crippen LogP contribution in [0.4, 0.5) is 0 Å². The zero-order valence-corrected chi connectivity index (χ0v) is 22.6. The van der Waals surface area contributed by atoms with E-state index in [1.54, 1.807) is 18.2 Å². The van der Waals surface area contributed by atoms with Crippen LogP contribution in [-0.2, 0) is 30.2 Å². The van der Waals surface area contributed by atoms with Crippen LogP contribution in [0.3, 0.4) is 0 Å². The molecule has 0 fully saturated rings. The number of hydrogen-bond acceptors (Lipinski definition) is 5. The van der Waals surface area contributed by atoms with Gasteiger partial charge in [-0.3, -0.25) is 8.74 Å². The van der Waals surface area contributed by atoms with E-state index in [0.717, 1.165) is 50.8 Å². The predicted octanol–water partition coefficient (Wildman–Crippen LogP) is 3.71. The lowest BCUT2D eigenvalue weighted by Gasteiger charge is -2.26. The molecule has 0 radical (unpaired) electrons. The van der Waals surface area contributed by atoms with E-state index in [4.69, 9.17) is 4.18 Å². The molecule has 0 saturated carbocycles. The molecule has 0 aromatic heterocycles. The van der Waals surface area contributed by atoms with Crippen LogP contribution in [0.25, 0.3) is 0 Å². The fourth-order valence-electron chi connectivity index (χ4n) is 3.90. The van der Waals surface area contributed by atoms with Crippen molar-refractivity contribution < 1.29 is 25.6 Å². The third kappa shape index (κ3) is 5.75. The zero-order valence-electron chi connectivity index (χ0n) is 20.1. The number of aryl methyl sites for hydroxylation is 3. The van der Waals surface area contributed by atoms with Crippen LogP contribution in [0.2, 0.25) is 0 Å². The van der Waals surface area contributed by atoms with Crippen LogP contribution < -0.4 is 15.9 Å². The molecule has 0 heterocycles. The maximum atomic E-state index is 12.6. The number of hydrogen-bond donors (Lipinski definition) is 1. The van der Waals surface area contributed by atoms with E-state index in [1.807, 2.05) is 58.9 Å². The minimum atomic E-state index is -4.22. The fraction of sp³-hybridized carbons (Fsp3) is 0.280. The van der Waals surface area contributed by atoms with Gasteiger partial charge in [-0.1, -0.05) is 35.9 Å². The van der Waals surface area contributed by atoms with E-state index in [-0.39, 0.29) is 4.90 Å². The average molecular weight is 521 g/mol. The third-order valence-electron chi connectivity index (χ3n) is 5.91. The van der Waals surface area contributed by atoms with Crippen LogP contribution in [0.5, 0.6) is 0 Å². The molecule has 0 saturated heterocycles. The van der Waals surface area contributed by atoms with Crippen LogP contribution in [0, 0.1) is 34.6 Å². The van der Waals surface area contributed by atoms with E-state index in [1.165, 1.54) is 0 Å². The molecule has 9 heteroatoms. The van der Waals surface area contributed by atoms with Crippen molar-refractivity contribution in [2.75, 3.05) is 7.11 Å². The first-order valence-corrected chi connectivity index (χ1v) is 14.9. The van der Waals surface area contributed by atoms with E-state index >= 15 is 0 Å². The monoisotopic (exact) mass is 520 g/mol. The molecule has 1 atom stereocenters. The Hall–Kier alpha value is -2.09. The Labute approximate surface area is 203 Å². The lowest BCUT2D eigenvalue weighted by Crippen LogP contribution is -2.27. The van der Waals surface area contributed by atoms with Crippen molar-refractivity contribution in [3.8, 4) is 0 Å². The fourth-order valence-corrected chi connectivity index (χ4v) is 8.32. The summed E-state index contributed by atoms with van der Waals surface area (Å²) in [6.07, 6.45) is 0. The summed E-state index contributed by atoms with van der Waals surface area (Å²) in [5.74, 6) is -0.492. The Bertz CT molecular complexity index is 1460. The van der Waals surface area contributed by atoms with Gasteiger partial charge in [-0.2, -0.15) is 16.8 Å². The molecule has 34 heavy (non-hydrogen) atoms. The second-order valence-electron chi connectivity index (χ2n) is 8.46. The van der Waals surface area contributed by atoms with Crippen LogP contribution in [-0.4, -0.2) is 28.5 Å². The molecule has 0 aliphatic heterocycles. The van der Waals surface area contributed by atoms with Crippen molar-refractivity contribution in [1.29, 1.82) is 0 Å². The molecule has 1 N–H and O–H groups in total. The largest absolute Gasteiger partial charge is 0.296 e. The van der Waals surface area contributed by atoms with Gasteiger partial charge in [-0.05, 0) is 104 Å². The van der Waals surface area contributed by atoms with Gasteiger partial charge in [0.2, 0.25) is 0 Å². The summed E-state index contributed by atoms with van der Waals surface area (Å²) in [7, 11) is -8.26. The van der Waals surface area contributed by atoms with Crippen molar-refractivity contribution in [2.45, 2.75) is 45.3 Å². The Morgan fingerprint density at radius 3 is 1.97 bits per heavy atom. The molecular weight excluding hydrogens is 491 g/mol. The van der Waals surface area contributed by atoms with E-state index in [0.29, 0.717) is 5.56 Å². The Morgan fingerprint density at radius 1 is 0.824 bits per heavy atom. The highest BCUT2D eigenvalue weighted by atomic mass is 32.2.